The van der Waals surface area contributed by atoms with E-state index in [-0.39, 0.29) is 5.91 Å². The Morgan fingerprint density at radius 2 is 1.81 bits per heavy atom. The lowest BCUT2D eigenvalue weighted by atomic mass is 10.1. The van der Waals surface area contributed by atoms with Crippen molar-refractivity contribution in [3.05, 3.63) is 66.4 Å². The molecule has 26 heavy (non-hydrogen) atoms. The maximum atomic E-state index is 12.1. The monoisotopic (exact) mass is 349 g/mol. The molecule has 1 amide bonds. The maximum absolute atomic E-state index is 12.1. The van der Waals surface area contributed by atoms with Gasteiger partial charge in [-0.15, -0.1) is 0 Å². The molecule has 1 heterocycles. The van der Waals surface area contributed by atoms with Crippen LogP contribution in [0.1, 0.15) is 5.56 Å². The minimum Gasteiger partial charge on any atom is -0.493 e. The number of hydrogen-bond acceptors (Lipinski definition) is 4. The summed E-state index contributed by atoms with van der Waals surface area (Å²) in [7, 11) is 3.16. The number of nitrogens with zero attached hydrogens (tertiary/aromatic N) is 1. The summed E-state index contributed by atoms with van der Waals surface area (Å²) in [4.78, 5) is 12.1. The van der Waals surface area contributed by atoms with Crippen molar-refractivity contribution in [3.8, 4) is 22.8 Å². The molecule has 2 aromatic carbocycles. The molecule has 0 aliphatic rings. The molecule has 0 radical (unpaired) electrons. The molecular formula is C20H19N3O3. The molecule has 6 heteroatoms. The number of ether oxygens (including phenoxy) is 2. The number of nitrogens with one attached hydrogen (secondary N) is 2. The quantitative estimate of drug-likeness (QED) is 0.665. The lowest BCUT2D eigenvalue weighted by Crippen LogP contribution is -2.07. The molecule has 1 aromatic heterocycles. The first-order valence-corrected chi connectivity index (χ1v) is 8.00. The first kappa shape index (κ1) is 17.3. The molecule has 0 aliphatic heterocycles. The topological polar surface area (TPSA) is 76.2 Å². The smallest absolute Gasteiger partial charge is 0.248 e. The number of methoxy groups -OCH3 is 2. The first-order valence-electron chi connectivity index (χ1n) is 8.00. The number of carbonyl (C=O) groups excluding carboxylic acids is 1. The third-order valence-electron chi connectivity index (χ3n) is 3.80. The molecule has 0 saturated carbocycles. The van der Waals surface area contributed by atoms with E-state index in [0.717, 1.165) is 22.5 Å². The molecule has 0 spiro atoms. The summed E-state index contributed by atoms with van der Waals surface area (Å²) >= 11 is 0. The normalized spacial score (nSPS) is 10.7. The van der Waals surface area contributed by atoms with Gasteiger partial charge in [-0.25, -0.2) is 0 Å². The second-order valence-corrected chi connectivity index (χ2v) is 5.48. The lowest BCUT2D eigenvalue weighted by molar-refractivity contribution is -0.111. The van der Waals surface area contributed by atoms with Crippen molar-refractivity contribution in [2.45, 2.75) is 0 Å². The summed E-state index contributed by atoms with van der Waals surface area (Å²) in [5.41, 5.74) is 3.49. The zero-order valence-corrected chi connectivity index (χ0v) is 14.5. The zero-order valence-electron chi connectivity index (χ0n) is 14.5. The minimum absolute atomic E-state index is 0.214. The number of anilines is 1. The number of rotatable bonds is 6. The number of aromatic amines is 1. The van der Waals surface area contributed by atoms with Crippen LogP contribution in [0.3, 0.4) is 0 Å². The van der Waals surface area contributed by atoms with Crippen molar-refractivity contribution in [2.75, 3.05) is 19.5 Å². The number of H-pyrrole nitrogens is 1. The van der Waals surface area contributed by atoms with Gasteiger partial charge >= 0.3 is 0 Å². The molecule has 3 rings (SSSR count). The summed E-state index contributed by atoms with van der Waals surface area (Å²) in [6.45, 7) is 0. The van der Waals surface area contributed by atoms with Gasteiger partial charge in [0.2, 0.25) is 5.91 Å². The van der Waals surface area contributed by atoms with E-state index in [9.17, 15) is 4.79 Å². The van der Waals surface area contributed by atoms with E-state index in [4.69, 9.17) is 9.47 Å². The Hall–Kier alpha value is -3.54. The van der Waals surface area contributed by atoms with Crippen molar-refractivity contribution in [1.29, 1.82) is 0 Å². The van der Waals surface area contributed by atoms with E-state index in [1.807, 2.05) is 42.5 Å². The van der Waals surface area contributed by atoms with Gasteiger partial charge < -0.3 is 14.8 Å². The van der Waals surface area contributed by atoms with Crippen LogP contribution in [0, 0.1) is 0 Å². The predicted octanol–water partition coefficient (Wildman–Crippen LogP) is 3.75. The zero-order chi connectivity index (χ0) is 18.4. The van der Waals surface area contributed by atoms with Gasteiger partial charge in [0.1, 0.15) is 0 Å². The fourth-order valence-electron chi connectivity index (χ4n) is 2.46. The van der Waals surface area contributed by atoms with Crippen LogP contribution in [-0.4, -0.2) is 30.3 Å². The van der Waals surface area contributed by atoms with Crippen molar-refractivity contribution >= 4 is 17.7 Å². The standard InChI is InChI=1S/C20H19N3O3/c1-25-18-9-3-14(13-19(18)26-2)4-10-20(24)22-16-7-5-15(6-8-16)17-11-12-21-23-17/h3-13H,1-2H3,(H,21,23)(H,22,24)/b10-4+. The lowest BCUT2D eigenvalue weighted by Gasteiger charge is -2.07. The fourth-order valence-corrected chi connectivity index (χ4v) is 2.46. The third-order valence-corrected chi connectivity index (χ3v) is 3.80. The van der Waals surface area contributed by atoms with Gasteiger partial charge in [0, 0.05) is 18.0 Å². The minimum atomic E-state index is -0.214. The molecule has 2 N–H and O–H groups in total. The maximum Gasteiger partial charge on any atom is 0.248 e. The molecule has 0 bridgehead atoms. The Kier molecular flexibility index (Phi) is 5.34. The average Bonchev–Trinajstić information content (AvgIpc) is 3.21. The van der Waals surface area contributed by atoms with E-state index < -0.39 is 0 Å². The van der Waals surface area contributed by atoms with Crippen molar-refractivity contribution < 1.29 is 14.3 Å². The van der Waals surface area contributed by atoms with Crippen LogP contribution in [0.25, 0.3) is 17.3 Å². The second-order valence-electron chi connectivity index (χ2n) is 5.48. The number of hydrogen-bond donors (Lipinski definition) is 2. The van der Waals surface area contributed by atoms with Crippen molar-refractivity contribution in [3.63, 3.8) is 0 Å². The number of carbonyl (C=O) groups is 1. The van der Waals surface area contributed by atoms with Crippen LogP contribution < -0.4 is 14.8 Å². The molecule has 0 atom stereocenters. The first-order chi connectivity index (χ1) is 12.7. The largest absolute Gasteiger partial charge is 0.493 e. The van der Waals surface area contributed by atoms with Crippen molar-refractivity contribution in [1.82, 2.24) is 10.2 Å². The van der Waals surface area contributed by atoms with Gasteiger partial charge in [-0.3, -0.25) is 9.89 Å². The summed E-state index contributed by atoms with van der Waals surface area (Å²) < 4.78 is 10.5. The predicted molar refractivity (Wildman–Crippen MR) is 101 cm³/mol. The Morgan fingerprint density at radius 1 is 1.04 bits per heavy atom. The number of amides is 1. The highest BCUT2D eigenvalue weighted by atomic mass is 16.5. The Balaban J connectivity index is 1.64. The number of aromatic nitrogens is 2. The van der Waals surface area contributed by atoms with E-state index in [1.165, 1.54) is 6.08 Å². The van der Waals surface area contributed by atoms with Gasteiger partial charge in [-0.05, 0) is 47.5 Å². The van der Waals surface area contributed by atoms with Gasteiger partial charge in [-0.1, -0.05) is 18.2 Å². The third kappa shape index (κ3) is 4.10. The average molecular weight is 349 g/mol. The molecule has 0 saturated heterocycles. The Morgan fingerprint density at radius 3 is 2.46 bits per heavy atom. The van der Waals surface area contributed by atoms with Crippen LogP contribution >= 0.6 is 0 Å². The summed E-state index contributed by atoms with van der Waals surface area (Å²) in [6, 6.07) is 14.9. The molecule has 132 valence electrons. The highest BCUT2D eigenvalue weighted by molar-refractivity contribution is 6.02. The second kappa shape index (κ2) is 8.02. The van der Waals surface area contributed by atoms with Gasteiger partial charge in [0.05, 0.1) is 19.9 Å². The summed E-state index contributed by atoms with van der Waals surface area (Å²) in [5.74, 6) is 1.05. The van der Waals surface area contributed by atoms with Gasteiger partial charge in [0.15, 0.2) is 11.5 Å². The molecule has 0 unspecified atom stereocenters. The Labute approximate surface area is 151 Å². The van der Waals surface area contributed by atoms with Crippen LogP contribution in [0.2, 0.25) is 0 Å². The summed E-state index contributed by atoms with van der Waals surface area (Å²) in [5, 5.41) is 9.66. The van der Waals surface area contributed by atoms with Crippen LogP contribution in [0.5, 0.6) is 11.5 Å². The summed E-state index contributed by atoms with van der Waals surface area (Å²) in [6.07, 6.45) is 4.89. The highest BCUT2D eigenvalue weighted by Gasteiger charge is 2.04. The van der Waals surface area contributed by atoms with Crippen LogP contribution in [0.4, 0.5) is 5.69 Å². The van der Waals surface area contributed by atoms with Crippen LogP contribution in [-0.2, 0) is 4.79 Å². The van der Waals surface area contributed by atoms with Gasteiger partial charge in [0.25, 0.3) is 0 Å². The van der Waals surface area contributed by atoms with Gasteiger partial charge in [-0.2, -0.15) is 5.10 Å². The molecule has 0 fully saturated rings. The van der Waals surface area contributed by atoms with E-state index >= 15 is 0 Å². The molecule has 0 aliphatic carbocycles. The van der Waals surface area contributed by atoms with E-state index in [0.29, 0.717) is 11.5 Å². The Bertz CT molecular complexity index is 901. The molecular weight excluding hydrogens is 330 g/mol. The van der Waals surface area contributed by atoms with E-state index in [1.54, 1.807) is 32.6 Å². The highest BCUT2D eigenvalue weighted by Crippen LogP contribution is 2.28. The SMILES string of the molecule is COc1ccc(/C=C/C(=O)Nc2ccc(-c3ccn[nH]3)cc2)cc1OC. The number of benzene rings is 2. The van der Waals surface area contributed by atoms with Crippen molar-refractivity contribution in [2.24, 2.45) is 0 Å². The van der Waals surface area contributed by atoms with E-state index in [2.05, 4.69) is 15.5 Å². The molecule has 3 aromatic rings. The molecule has 6 nitrogen and oxygen atoms in total. The van der Waals surface area contributed by atoms with Crippen LogP contribution in [0.15, 0.2) is 60.8 Å². The fraction of sp³-hybridized carbons (Fsp3) is 0.100.